The fourth-order valence-electron chi connectivity index (χ4n) is 2.60. The average Bonchev–Trinajstić information content (AvgIpc) is 3.14. The molecule has 0 bridgehead atoms. The molecule has 1 aliphatic rings. The SMILES string of the molecule is O=C1N[C@H](c2ccc(OCc3cscn3)cc2)Nc2ccccc21. The molecule has 3 aromatic rings. The molecule has 24 heavy (non-hydrogen) atoms. The Bertz CT molecular complexity index is 847. The molecule has 0 radical (unpaired) electrons. The average molecular weight is 337 g/mol. The Morgan fingerprint density at radius 2 is 1.92 bits per heavy atom. The van der Waals surface area contributed by atoms with Crippen LogP contribution in [-0.4, -0.2) is 10.9 Å². The number of hydrogen-bond acceptors (Lipinski definition) is 5. The third-order valence-corrected chi connectivity index (χ3v) is 4.47. The van der Waals surface area contributed by atoms with Gasteiger partial charge in [-0.3, -0.25) is 4.79 Å². The maximum atomic E-state index is 12.2. The monoisotopic (exact) mass is 337 g/mol. The van der Waals surface area contributed by atoms with Gasteiger partial charge in [-0.15, -0.1) is 11.3 Å². The smallest absolute Gasteiger partial charge is 0.255 e. The molecule has 0 saturated carbocycles. The number of aromatic nitrogens is 1. The van der Waals surface area contributed by atoms with Gasteiger partial charge in [0.15, 0.2) is 0 Å². The van der Waals surface area contributed by atoms with Crippen molar-refractivity contribution < 1.29 is 9.53 Å². The van der Waals surface area contributed by atoms with Gasteiger partial charge < -0.3 is 15.4 Å². The summed E-state index contributed by atoms with van der Waals surface area (Å²) in [5.41, 5.74) is 5.18. The second-order valence-electron chi connectivity index (χ2n) is 5.43. The summed E-state index contributed by atoms with van der Waals surface area (Å²) in [7, 11) is 0. The van der Waals surface area contributed by atoms with E-state index in [1.54, 1.807) is 16.8 Å². The molecule has 0 saturated heterocycles. The van der Waals surface area contributed by atoms with Gasteiger partial charge in [-0.05, 0) is 29.8 Å². The number of anilines is 1. The summed E-state index contributed by atoms with van der Waals surface area (Å²) >= 11 is 1.55. The quantitative estimate of drug-likeness (QED) is 0.764. The van der Waals surface area contributed by atoms with E-state index in [1.165, 1.54) is 0 Å². The number of carbonyl (C=O) groups is 1. The lowest BCUT2D eigenvalue weighted by Gasteiger charge is -2.28. The van der Waals surface area contributed by atoms with Gasteiger partial charge in [0, 0.05) is 11.1 Å². The van der Waals surface area contributed by atoms with Crippen molar-refractivity contribution in [2.75, 3.05) is 5.32 Å². The second kappa shape index (κ2) is 6.33. The van der Waals surface area contributed by atoms with Gasteiger partial charge in [0.1, 0.15) is 18.5 Å². The number of thiazole rings is 1. The van der Waals surface area contributed by atoms with Crippen molar-refractivity contribution in [3.8, 4) is 5.75 Å². The number of benzene rings is 2. The molecule has 1 aromatic heterocycles. The summed E-state index contributed by atoms with van der Waals surface area (Å²) in [6.45, 7) is 0.453. The number of ether oxygens (including phenoxy) is 1. The van der Waals surface area contributed by atoms with Gasteiger partial charge in [-0.25, -0.2) is 4.98 Å². The number of amides is 1. The lowest BCUT2D eigenvalue weighted by atomic mass is 10.1. The van der Waals surface area contributed by atoms with Crippen LogP contribution in [0.25, 0.3) is 0 Å². The first-order valence-corrected chi connectivity index (χ1v) is 8.50. The molecule has 1 aliphatic heterocycles. The molecule has 0 unspecified atom stereocenters. The lowest BCUT2D eigenvalue weighted by molar-refractivity contribution is 0.0935. The lowest BCUT2D eigenvalue weighted by Crippen LogP contribution is -2.38. The molecule has 2 heterocycles. The highest BCUT2D eigenvalue weighted by Crippen LogP contribution is 2.27. The molecule has 0 fully saturated rings. The van der Waals surface area contributed by atoms with E-state index in [1.807, 2.05) is 53.9 Å². The van der Waals surface area contributed by atoms with E-state index in [0.29, 0.717) is 12.2 Å². The van der Waals surface area contributed by atoms with Crippen LogP contribution in [0.15, 0.2) is 59.4 Å². The minimum atomic E-state index is -0.250. The number of nitrogens with one attached hydrogen (secondary N) is 2. The normalized spacial score (nSPS) is 16.0. The van der Waals surface area contributed by atoms with E-state index in [0.717, 1.165) is 22.7 Å². The van der Waals surface area contributed by atoms with E-state index in [9.17, 15) is 4.79 Å². The third-order valence-electron chi connectivity index (χ3n) is 3.83. The topological polar surface area (TPSA) is 63.2 Å². The zero-order valence-electron chi connectivity index (χ0n) is 12.7. The zero-order valence-corrected chi connectivity index (χ0v) is 13.5. The standard InChI is InChI=1S/C18H15N3O2S/c22-18-15-3-1-2-4-16(15)20-17(21-18)12-5-7-14(8-6-12)23-9-13-10-24-11-19-13/h1-8,10-11,17,20H,9H2,(H,21,22)/t17-/m1/s1. The van der Waals surface area contributed by atoms with Crippen LogP contribution in [0, 0.1) is 0 Å². The first kappa shape index (κ1) is 14.7. The molecule has 2 aromatic carbocycles. The van der Waals surface area contributed by atoms with Gasteiger partial charge in [0.25, 0.3) is 5.91 Å². The molecule has 5 nitrogen and oxygen atoms in total. The van der Waals surface area contributed by atoms with Gasteiger partial charge in [-0.1, -0.05) is 24.3 Å². The highest BCUT2D eigenvalue weighted by Gasteiger charge is 2.23. The van der Waals surface area contributed by atoms with Crippen molar-refractivity contribution in [3.05, 3.63) is 76.2 Å². The zero-order chi connectivity index (χ0) is 16.4. The third kappa shape index (κ3) is 2.96. The second-order valence-corrected chi connectivity index (χ2v) is 6.15. The van der Waals surface area contributed by atoms with E-state index < -0.39 is 0 Å². The molecular formula is C18H15N3O2S. The Balaban J connectivity index is 1.46. The molecule has 0 spiro atoms. The van der Waals surface area contributed by atoms with E-state index in [-0.39, 0.29) is 12.1 Å². The maximum absolute atomic E-state index is 12.2. The molecule has 1 atom stereocenters. The van der Waals surface area contributed by atoms with Gasteiger partial charge in [0.05, 0.1) is 16.8 Å². The molecule has 0 aliphatic carbocycles. The number of fused-ring (bicyclic) bond motifs is 1. The maximum Gasteiger partial charge on any atom is 0.255 e. The molecule has 120 valence electrons. The summed E-state index contributed by atoms with van der Waals surface area (Å²) in [6.07, 6.45) is -0.250. The number of para-hydroxylation sites is 1. The van der Waals surface area contributed by atoms with Crippen molar-refractivity contribution in [1.82, 2.24) is 10.3 Å². The van der Waals surface area contributed by atoms with Crippen LogP contribution in [0.4, 0.5) is 5.69 Å². The Hall–Kier alpha value is -2.86. The molecule has 1 amide bonds. The van der Waals surface area contributed by atoms with E-state index in [4.69, 9.17) is 4.74 Å². The van der Waals surface area contributed by atoms with E-state index in [2.05, 4.69) is 15.6 Å². The van der Waals surface area contributed by atoms with Crippen LogP contribution < -0.4 is 15.4 Å². The number of nitrogens with zero attached hydrogens (tertiary/aromatic N) is 1. The molecule has 6 heteroatoms. The molecule has 4 rings (SSSR count). The first-order chi connectivity index (χ1) is 11.8. The summed E-state index contributed by atoms with van der Waals surface area (Å²) in [5, 5.41) is 8.26. The van der Waals surface area contributed by atoms with E-state index >= 15 is 0 Å². The van der Waals surface area contributed by atoms with Crippen molar-refractivity contribution in [2.24, 2.45) is 0 Å². The van der Waals surface area contributed by atoms with Crippen molar-refractivity contribution >= 4 is 22.9 Å². The van der Waals surface area contributed by atoms with Crippen LogP contribution in [0.2, 0.25) is 0 Å². The predicted octanol–water partition coefficient (Wildman–Crippen LogP) is 3.58. The van der Waals surface area contributed by atoms with Crippen molar-refractivity contribution in [3.63, 3.8) is 0 Å². The summed E-state index contributed by atoms with van der Waals surface area (Å²) < 4.78 is 5.71. The number of carbonyl (C=O) groups excluding carboxylic acids is 1. The first-order valence-electron chi connectivity index (χ1n) is 7.56. The van der Waals surface area contributed by atoms with Crippen LogP contribution >= 0.6 is 11.3 Å². The Morgan fingerprint density at radius 1 is 1.08 bits per heavy atom. The Morgan fingerprint density at radius 3 is 2.71 bits per heavy atom. The molecule has 2 N–H and O–H groups in total. The highest BCUT2D eigenvalue weighted by molar-refractivity contribution is 7.07. The summed E-state index contributed by atoms with van der Waals surface area (Å²) in [4.78, 5) is 16.4. The predicted molar refractivity (Wildman–Crippen MR) is 93.2 cm³/mol. The van der Waals surface area contributed by atoms with Gasteiger partial charge in [0.2, 0.25) is 0 Å². The minimum absolute atomic E-state index is 0.0711. The molecular weight excluding hydrogens is 322 g/mol. The van der Waals surface area contributed by atoms with Crippen molar-refractivity contribution in [1.29, 1.82) is 0 Å². The Labute approximate surface area is 143 Å². The summed E-state index contributed by atoms with van der Waals surface area (Å²) in [6, 6.07) is 15.2. The summed E-state index contributed by atoms with van der Waals surface area (Å²) in [5.74, 6) is 0.701. The highest BCUT2D eigenvalue weighted by atomic mass is 32.1. The largest absolute Gasteiger partial charge is 0.487 e. The Kier molecular flexibility index (Phi) is 3.88. The fourth-order valence-corrected chi connectivity index (χ4v) is 3.14. The van der Waals surface area contributed by atoms with Gasteiger partial charge >= 0.3 is 0 Å². The van der Waals surface area contributed by atoms with Gasteiger partial charge in [-0.2, -0.15) is 0 Å². The van der Waals surface area contributed by atoms with Crippen LogP contribution in [0.3, 0.4) is 0 Å². The fraction of sp³-hybridized carbons (Fsp3) is 0.111. The number of rotatable bonds is 4. The van der Waals surface area contributed by atoms with Crippen LogP contribution in [0.5, 0.6) is 5.75 Å². The van der Waals surface area contributed by atoms with Crippen LogP contribution in [0.1, 0.15) is 27.8 Å². The number of hydrogen-bond donors (Lipinski definition) is 2. The minimum Gasteiger partial charge on any atom is -0.487 e. The van der Waals surface area contributed by atoms with Crippen molar-refractivity contribution in [2.45, 2.75) is 12.8 Å². The van der Waals surface area contributed by atoms with Crippen LogP contribution in [-0.2, 0) is 6.61 Å².